The molecule has 0 spiro atoms. The summed E-state index contributed by atoms with van der Waals surface area (Å²) in [6.45, 7) is 0. The minimum atomic E-state index is 0.649. The van der Waals surface area contributed by atoms with Crippen molar-refractivity contribution in [1.82, 2.24) is 24.3 Å². The lowest BCUT2D eigenvalue weighted by molar-refractivity contribution is 1.07. The number of fused-ring (bicyclic) bond motifs is 9. The van der Waals surface area contributed by atoms with E-state index in [1.807, 2.05) is 66.7 Å². The number of hydrogen-bond acceptors (Lipinski definition) is 5. The van der Waals surface area contributed by atoms with Gasteiger partial charge in [0.25, 0.3) is 0 Å². The van der Waals surface area contributed by atoms with Crippen LogP contribution in [0.3, 0.4) is 0 Å². The van der Waals surface area contributed by atoms with Crippen molar-refractivity contribution in [2.24, 2.45) is 0 Å². The fraction of sp³-hybridized carbons (Fsp3) is 0. The van der Waals surface area contributed by atoms with Crippen molar-refractivity contribution in [3.63, 3.8) is 0 Å². The predicted molar refractivity (Wildman–Crippen MR) is 198 cm³/mol. The van der Waals surface area contributed by atoms with Gasteiger partial charge < -0.3 is 0 Å². The van der Waals surface area contributed by atoms with Crippen LogP contribution < -0.4 is 0 Å². The second kappa shape index (κ2) is 10.7. The molecule has 0 amide bonds. The SMILES string of the molecule is c1ccc(-c2nc(-c3ccccc3)nc(-c3ccc(-c4ccc5ccc6ccc7c(sc8nc9ccccc9n87)c6c5c4)cc3)n2)cc1. The first-order chi connectivity index (χ1) is 23.8. The van der Waals surface area contributed by atoms with Gasteiger partial charge in [-0.1, -0.05) is 139 Å². The molecule has 3 aromatic heterocycles. The summed E-state index contributed by atoms with van der Waals surface area (Å²) in [5.74, 6) is 1.96. The van der Waals surface area contributed by atoms with E-state index < -0.39 is 0 Å². The zero-order chi connectivity index (χ0) is 31.6. The molecule has 0 fully saturated rings. The van der Waals surface area contributed by atoms with Gasteiger partial charge in [0.05, 0.1) is 21.3 Å². The summed E-state index contributed by atoms with van der Waals surface area (Å²) in [5.41, 5.74) is 8.52. The molecule has 224 valence electrons. The average molecular weight is 632 g/mol. The number of rotatable bonds is 4. The number of para-hydroxylation sites is 2. The van der Waals surface area contributed by atoms with Crippen molar-refractivity contribution in [1.29, 1.82) is 0 Å². The molecule has 0 aliphatic heterocycles. The van der Waals surface area contributed by atoms with Crippen LogP contribution in [0.4, 0.5) is 0 Å². The predicted octanol–water partition coefficient (Wildman–Crippen LogP) is 10.9. The maximum atomic E-state index is 4.95. The molecule has 10 rings (SSSR count). The number of nitrogens with zero attached hydrogens (tertiary/aromatic N) is 5. The van der Waals surface area contributed by atoms with Crippen LogP contribution in [0.25, 0.3) is 93.0 Å². The maximum absolute atomic E-state index is 4.95. The minimum absolute atomic E-state index is 0.649. The van der Waals surface area contributed by atoms with E-state index in [2.05, 4.69) is 89.3 Å². The van der Waals surface area contributed by atoms with Crippen LogP contribution >= 0.6 is 11.3 Å². The Hall–Kier alpha value is -6.24. The molecule has 6 heteroatoms. The van der Waals surface area contributed by atoms with Gasteiger partial charge in [-0.15, -0.1) is 0 Å². The second-order valence-electron chi connectivity index (χ2n) is 11.9. The van der Waals surface area contributed by atoms with E-state index in [0.29, 0.717) is 17.5 Å². The molecule has 10 aromatic rings. The molecule has 0 saturated heterocycles. The molecular weight excluding hydrogens is 607 g/mol. The number of benzene rings is 7. The highest BCUT2D eigenvalue weighted by Gasteiger charge is 2.16. The first-order valence-corrected chi connectivity index (χ1v) is 16.7. The molecule has 0 atom stereocenters. The zero-order valence-electron chi connectivity index (χ0n) is 25.6. The fourth-order valence-corrected chi connectivity index (χ4v) is 7.91. The van der Waals surface area contributed by atoms with Crippen LogP contribution in [0.1, 0.15) is 0 Å². The van der Waals surface area contributed by atoms with Crippen molar-refractivity contribution in [2.45, 2.75) is 0 Å². The normalized spacial score (nSPS) is 11.8. The minimum Gasteiger partial charge on any atom is -0.283 e. The van der Waals surface area contributed by atoms with Gasteiger partial charge in [-0.05, 0) is 51.6 Å². The van der Waals surface area contributed by atoms with E-state index in [4.69, 9.17) is 19.9 Å². The molecular formula is C42H25N5S. The highest BCUT2D eigenvalue weighted by atomic mass is 32.1. The Balaban J connectivity index is 1.09. The smallest absolute Gasteiger partial charge is 0.195 e. The summed E-state index contributed by atoms with van der Waals surface area (Å²) in [6.07, 6.45) is 0. The fourth-order valence-electron chi connectivity index (χ4n) is 6.71. The van der Waals surface area contributed by atoms with Crippen LogP contribution in [0.2, 0.25) is 0 Å². The molecule has 0 saturated carbocycles. The highest BCUT2D eigenvalue weighted by molar-refractivity contribution is 7.24. The van der Waals surface area contributed by atoms with Gasteiger partial charge in [0.1, 0.15) is 0 Å². The molecule has 0 aliphatic rings. The summed E-state index contributed by atoms with van der Waals surface area (Å²) < 4.78 is 3.56. The van der Waals surface area contributed by atoms with Crippen molar-refractivity contribution in [3.8, 4) is 45.3 Å². The van der Waals surface area contributed by atoms with Gasteiger partial charge >= 0.3 is 0 Å². The van der Waals surface area contributed by atoms with Gasteiger partial charge in [-0.25, -0.2) is 19.9 Å². The molecule has 3 heterocycles. The zero-order valence-corrected chi connectivity index (χ0v) is 26.4. The van der Waals surface area contributed by atoms with Crippen LogP contribution in [0, 0.1) is 0 Å². The summed E-state index contributed by atoms with van der Waals surface area (Å²) in [6, 6.07) is 52.8. The van der Waals surface area contributed by atoms with E-state index in [-0.39, 0.29) is 0 Å². The molecule has 0 radical (unpaired) electrons. The summed E-state index contributed by atoms with van der Waals surface area (Å²) >= 11 is 1.76. The Bertz CT molecular complexity index is 2760. The summed E-state index contributed by atoms with van der Waals surface area (Å²) in [7, 11) is 0. The van der Waals surface area contributed by atoms with E-state index in [1.54, 1.807) is 11.3 Å². The summed E-state index contributed by atoms with van der Waals surface area (Å²) in [5, 5.41) is 4.97. The van der Waals surface area contributed by atoms with Crippen molar-refractivity contribution >= 4 is 59.1 Å². The Kier molecular flexibility index (Phi) is 5.98. The average Bonchev–Trinajstić information content (AvgIpc) is 3.71. The van der Waals surface area contributed by atoms with Crippen LogP contribution in [-0.2, 0) is 0 Å². The molecule has 48 heavy (non-hydrogen) atoms. The third kappa shape index (κ3) is 4.31. The number of thiazole rings is 1. The van der Waals surface area contributed by atoms with Crippen LogP contribution in [0.5, 0.6) is 0 Å². The monoisotopic (exact) mass is 631 g/mol. The van der Waals surface area contributed by atoms with Crippen LogP contribution in [-0.4, -0.2) is 24.3 Å². The van der Waals surface area contributed by atoms with Gasteiger partial charge in [0.15, 0.2) is 22.4 Å². The second-order valence-corrected chi connectivity index (χ2v) is 12.9. The highest BCUT2D eigenvalue weighted by Crippen LogP contribution is 2.40. The molecule has 0 unspecified atom stereocenters. The Morgan fingerprint density at radius 3 is 1.67 bits per heavy atom. The third-order valence-electron chi connectivity index (χ3n) is 9.07. The molecule has 7 aromatic carbocycles. The van der Waals surface area contributed by atoms with Gasteiger partial charge in [-0.2, -0.15) is 0 Å². The largest absolute Gasteiger partial charge is 0.283 e. The molecule has 0 bridgehead atoms. The standard InChI is InChI=1S/C42H25N5S/c1-3-9-29(10-4-1)39-44-40(30-11-5-2-6-12-30)46-41(45-39)31-20-15-26(16-21-31)32-22-18-27-17-19-28-23-24-36-38(37(28)33(27)25-32)48-42-43-34-13-7-8-14-35(34)47(36)42/h1-25H. The number of hydrogen-bond donors (Lipinski definition) is 0. The third-order valence-corrected chi connectivity index (χ3v) is 10.1. The Morgan fingerprint density at radius 1 is 0.417 bits per heavy atom. The van der Waals surface area contributed by atoms with E-state index >= 15 is 0 Å². The molecule has 0 aliphatic carbocycles. The van der Waals surface area contributed by atoms with Crippen molar-refractivity contribution < 1.29 is 0 Å². The van der Waals surface area contributed by atoms with E-state index in [1.165, 1.54) is 31.8 Å². The van der Waals surface area contributed by atoms with Crippen molar-refractivity contribution in [3.05, 3.63) is 152 Å². The first kappa shape index (κ1) is 26.9. The maximum Gasteiger partial charge on any atom is 0.195 e. The van der Waals surface area contributed by atoms with Gasteiger partial charge in [0, 0.05) is 22.1 Å². The molecule has 5 nitrogen and oxygen atoms in total. The lowest BCUT2D eigenvalue weighted by Crippen LogP contribution is -2.00. The van der Waals surface area contributed by atoms with Crippen LogP contribution in [0.15, 0.2) is 152 Å². The lowest BCUT2D eigenvalue weighted by Gasteiger charge is -2.10. The molecule has 0 N–H and O–H groups in total. The number of aromatic nitrogens is 5. The summed E-state index contributed by atoms with van der Waals surface area (Å²) in [4.78, 5) is 20.6. The van der Waals surface area contributed by atoms with Gasteiger partial charge in [0.2, 0.25) is 0 Å². The van der Waals surface area contributed by atoms with E-state index in [9.17, 15) is 0 Å². The first-order valence-electron chi connectivity index (χ1n) is 15.9. The Morgan fingerprint density at radius 2 is 0.958 bits per heavy atom. The van der Waals surface area contributed by atoms with E-state index in [0.717, 1.165) is 43.8 Å². The van der Waals surface area contributed by atoms with Gasteiger partial charge in [-0.3, -0.25) is 4.40 Å². The Labute approximate surface area is 279 Å². The number of imidazole rings is 1. The lowest BCUT2D eigenvalue weighted by atomic mass is 9.96. The topological polar surface area (TPSA) is 56.0 Å². The quantitative estimate of drug-likeness (QED) is 0.181. The van der Waals surface area contributed by atoms with Crippen molar-refractivity contribution in [2.75, 3.05) is 0 Å².